The molecule has 206 valence electrons. The number of amides is 2. The van der Waals surface area contributed by atoms with E-state index in [0.717, 1.165) is 25.1 Å². The SMILES string of the molecule is CC.CC(O)CNC(=O)c1nc(C(=O)N2CCCC2C)c(-c2cnc(NCC(F)(F)F)cc2C(F)F)s1. The van der Waals surface area contributed by atoms with Crippen molar-refractivity contribution in [3.05, 3.63) is 28.5 Å². The lowest BCUT2D eigenvalue weighted by molar-refractivity contribution is -0.115. The van der Waals surface area contributed by atoms with Gasteiger partial charge in [-0.3, -0.25) is 9.59 Å². The molecule has 0 aliphatic carbocycles. The van der Waals surface area contributed by atoms with Crippen LogP contribution in [-0.4, -0.2) is 69.7 Å². The number of hydrogen-bond donors (Lipinski definition) is 3. The van der Waals surface area contributed by atoms with Crippen molar-refractivity contribution in [2.75, 3.05) is 25.0 Å². The highest BCUT2D eigenvalue weighted by Gasteiger charge is 2.33. The molecule has 37 heavy (non-hydrogen) atoms. The Morgan fingerprint density at radius 2 is 1.97 bits per heavy atom. The Morgan fingerprint density at radius 1 is 1.30 bits per heavy atom. The summed E-state index contributed by atoms with van der Waals surface area (Å²) in [6.45, 7) is 6.16. The molecule has 2 atom stereocenters. The molecule has 2 aromatic heterocycles. The molecule has 3 rings (SSSR count). The fourth-order valence-corrected chi connectivity index (χ4v) is 4.57. The summed E-state index contributed by atoms with van der Waals surface area (Å²) in [7, 11) is 0. The lowest BCUT2D eigenvalue weighted by Crippen LogP contribution is -2.34. The number of hydrogen-bond acceptors (Lipinski definition) is 7. The van der Waals surface area contributed by atoms with E-state index in [4.69, 9.17) is 0 Å². The third-order valence-electron chi connectivity index (χ3n) is 5.28. The molecule has 1 fully saturated rings. The van der Waals surface area contributed by atoms with Gasteiger partial charge in [-0.05, 0) is 32.8 Å². The van der Waals surface area contributed by atoms with E-state index in [-0.39, 0.29) is 33.7 Å². The fraction of sp³-hybridized carbons (Fsp3) is 0.565. The number of aliphatic hydroxyl groups excluding tert-OH is 1. The number of carbonyl (C=O) groups excluding carboxylic acids is 2. The van der Waals surface area contributed by atoms with Gasteiger partial charge in [0.05, 0.1) is 11.0 Å². The van der Waals surface area contributed by atoms with Crippen LogP contribution in [0.15, 0.2) is 12.3 Å². The van der Waals surface area contributed by atoms with Gasteiger partial charge in [0.1, 0.15) is 18.1 Å². The molecular formula is C23H30F5N5O3S. The monoisotopic (exact) mass is 551 g/mol. The molecule has 0 aromatic carbocycles. The van der Waals surface area contributed by atoms with Crippen LogP contribution in [0.3, 0.4) is 0 Å². The molecule has 0 radical (unpaired) electrons. The number of nitrogens with zero attached hydrogens (tertiary/aromatic N) is 3. The number of aliphatic hydroxyl groups is 1. The molecule has 1 aliphatic heterocycles. The highest BCUT2D eigenvalue weighted by Crippen LogP contribution is 2.38. The molecule has 1 saturated heterocycles. The van der Waals surface area contributed by atoms with Crippen LogP contribution in [0.2, 0.25) is 0 Å². The first-order valence-electron chi connectivity index (χ1n) is 11.7. The lowest BCUT2D eigenvalue weighted by atomic mass is 10.1. The Hall–Kier alpha value is -2.87. The predicted octanol–water partition coefficient (Wildman–Crippen LogP) is 4.88. The van der Waals surface area contributed by atoms with Crippen molar-refractivity contribution in [3.8, 4) is 10.4 Å². The molecule has 14 heteroatoms. The summed E-state index contributed by atoms with van der Waals surface area (Å²) in [6.07, 6.45) is -6.11. The van der Waals surface area contributed by atoms with Crippen molar-refractivity contribution in [2.45, 2.75) is 65.3 Å². The predicted molar refractivity (Wildman–Crippen MR) is 130 cm³/mol. The molecule has 2 aromatic rings. The summed E-state index contributed by atoms with van der Waals surface area (Å²) in [5, 5.41) is 13.6. The van der Waals surface area contributed by atoms with Crippen molar-refractivity contribution in [3.63, 3.8) is 0 Å². The fourth-order valence-electron chi connectivity index (χ4n) is 3.56. The van der Waals surface area contributed by atoms with E-state index in [0.29, 0.717) is 17.9 Å². The van der Waals surface area contributed by atoms with Gasteiger partial charge in [0, 0.05) is 36.5 Å². The topological polar surface area (TPSA) is 107 Å². The van der Waals surface area contributed by atoms with Crippen LogP contribution in [0.25, 0.3) is 10.4 Å². The number of halogens is 5. The van der Waals surface area contributed by atoms with Gasteiger partial charge in [-0.15, -0.1) is 11.3 Å². The van der Waals surface area contributed by atoms with Gasteiger partial charge >= 0.3 is 6.18 Å². The van der Waals surface area contributed by atoms with E-state index in [1.165, 1.54) is 11.8 Å². The minimum absolute atomic E-state index is 0.0403. The maximum absolute atomic E-state index is 13.9. The van der Waals surface area contributed by atoms with Crippen molar-refractivity contribution in [1.82, 2.24) is 20.2 Å². The maximum Gasteiger partial charge on any atom is 0.405 e. The summed E-state index contributed by atoms with van der Waals surface area (Å²) >= 11 is 0.690. The maximum atomic E-state index is 13.9. The van der Waals surface area contributed by atoms with Crippen molar-refractivity contribution in [1.29, 1.82) is 0 Å². The number of thiazole rings is 1. The molecule has 0 saturated carbocycles. The van der Waals surface area contributed by atoms with Crippen molar-refractivity contribution >= 4 is 29.0 Å². The normalized spacial score (nSPS) is 16.3. The third-order valence-corrected chi connectivity index (χ3v) is 6.37. The van der Waals surface area contributed by atoms with Crippen LogP contribution < -0.4 is 10.6 Å². The van der Waals surface area contributed by atoms with Crippen LogP contribution in [0, 0.1) is 0 Å². The Labute approximate surface area is 215 Å². The largest absolute Gasteiger partial charge is 0.405 e. The highest BCUT2D eigenvalue weighted by molar-refractivity contribution is 7.17. The molecule has 3 heterocycles. The molecule has 0 spiro atoms. The van der Waals surface area contributed by atoms with Crippen LogP contribution >= 0.6 is 11.3 Å². The van der Waals surface area contributed by atoms with E-state index in [9.17, 15) is 36.6 Å². The number of aromatic nitrogens is 2. The first kappa shape index (κ1) is 30.4. The van der Waals surface area contributed by atoms with Crippen LogP contribution in [-0.2, 0) is 0 Å². The Kier molecular flexibility index (Phi) is 10.7. The number of carbonyl (C=O) groups is 2. The molecule has 3 N–H and O–H groups in total. The summed E-state index contributed by atoms with van der Waals surface area (Å²) in [5.41, 5.74) is -1.08. The van der Waals surface area contributed by atoms with Crippen molar-refractivity contribution in [2.24, 2.45) is 0 Å². The Morgan fingerprint density at radius 3 is 2.51 bits per heavy atom. The Bertz CT molecular complexity index is 1080. The average Bonchev–Trinajstić information content (AvgIpc) is 3.48. The number of pyridine rings is 1. The summed E-state index contributed by atoms with van der Waals surface area (Å²) in [5.74, 6) is -1.67. The highest BCUT2D eigenvalue weighted by atomic mass is 32.1. The van der Waals surface area contributed by atoms with E-state index in [1.807, 2.05) is 26.1 Å². The van der Waals surface area contributed by atoms with Crippen LogP contribution in [0.5, 0.6) is 0 Å². The van der Waals surface area contributed by atoms with Gasteiger partial charge in [0.15, 0.2) is 5.01 Å². The number of likely N-dealkylation sites (tertiary alicyclic amines) is 1. The molecule has 2 amide bonds. The third kappa shape index (κ3) is 8.06. The van der Waals surface area contributed by atoms with Gasteiger partial charge in [-0.1, -0.05) is 13.8 Å². The van der Waals surface area contributed by atoms with E-state index < -0.39 is 48.4 Å². The van der Waals surface area contributed by atoms with Gasteiger partial charge < -0.3 is 20.6 Å². The van der Waals surface area contributed by atoms with E-state index in [1.54, 1.807) is 0 Å². The van der Waals surface area contributed by atoms with E-state index in [2.05, 4.69) is 15.3 Å². The zero-order chi connectivity index (χ0) is 27.9. The molecule has 1 aliphatic rings. The first-order valence-corrected chi connectivity index (χ1v) is 12.6. The molecule has 0 bridgehead atoms. The standard InChI is InChI=1S/C21H24F5N5O3S.C2H6/c1-10-4-3-5-31(10)20(34)15-16(35-19(30-15)18(33)28-7-11(2)32)13-8-27-14(6-12(13)17(22)23)29-9-21(24,25)26;1-2/h6,8,10-11,17,32H,3-5,7,9H2,1-2H3,(H,27,29)(H,28,33);1-2H3. The Balaban J connectivity index is 0.00000235. The summed E-state index contributed by atoms with van der Waals surface area (Å²) in [6, 6.07) is 0.664. The zero-order valence-corrected chi connectivity index (χ0v) is 21.6. The van der Waals surface area contributed by atoms with Gasteiger partial charge in [-0.2, -0.15) is 13.2 Å². The lowest BCUT2D eigenvalue weighted by Gasteiger charge is -2.21. The van der Waals surface area contributed by atoms with Crippen molar-refractivity contribution < 1.29 is 36.6 Å². The van der Waals surface area contributed by atoms with Gasteiger partial charge in [0.25, 0.3) is 18.2 Å². The van der Waals surface area contributed by atoms with Gasteiger partial charge in [-0.25, -0.2) is 18.7 Å². The minimum atomic E-state index is -4.58. The second-order valence-corrected chi connectivity index (χ2v) is 9.17. The summed E-state index contributed by atoms with van der Waals surface area (Å²) < 4.78 is 65.4. The molecular weight excluding hydrogens is 521 g/mol. The second-order valence-electron chi connectivity index (χ2n) is 8.17. The van der Waals surface area contributed by atoms with Crippen LogP contribution in [0.4, 0.5) is 27.8 Å². The smallest absolute Gasteiger partial charge is 0.392 e. The van der Waals surface area contributed by atoms with Crippen LogP contribution in [0.1, 0.15) is 72.8 Å². The van der Waals surface area contributed by atoms with E-state index >= 15 is 0 Å². The second kappa shape index (κ2) is 13.1. The first-order chi connectivity index (χ1) is 17.4. The summed E-state index contributed by atoms with van der Waals surface area (Å²) in [4.78, 5) is 35.2. The quantitative estimate of drug-likeness (QED) is 0.404. The number of nitrogens with one attached hydrogen (secondary N) is 2. The molecule has 2 unspecified atom stereocenters. The average molecular weight is 552 g/mol. The minimum Gasteiger partial charge on any atom is -0.392 e. The van der Waals surface area contributed by atoms with Gasteiger partial charge in [0.2, 0.25) is 0 Å². The zero-order valence-electron chi connectivity index (χ0n) is 20.8. The number of alkyl halides is 5. The number of anilines is 1. The number of rotatable bonds is 8. The molecule has 8 nitrogen and oxygen atoms in total.